The normalized spacial score (nSPS) is 49.8. The number of allylic oxidation sites excluding steroid dienone is 1. The lowest BCUT2D eigenvalue weighted by atomic mass is 9.32. The maximum atomic E-state index is 14.2. The quantitative estimate of drug-likeness (QED) is 0.243. The predicted octanol–water partition coefficient (Wildman–Crippen LogP) is 9.96. The number of rotatable bonds is 5. The van der Waals surface area contributed by atoms with Crippen LogP contribution >= 0.6 is 0 Å². The first-order chi connectivity index (χ1) is 20.6. The van der Waals surface area contributed by atoms with Crippen molar-refractivity contribution in [2.24, 2.45) is 73.9 Å². The van der Waals surface area contributed by atoms with Crippen molar-refractivity contribution in [1.82, 2.24) is 0 Å². The van der Waals surface area contributed by atoms with E-state index in [-0.39, 0.29) is 46.1 Å². The number of halogens is 2. The van der Waals surface area contributed by atoms with Crippen LogP contribution in [0.1, 0.15) is 133 Å². The van der Waals surface area contributed by atoms with Gasteiger partial charge in [-0.15, -0.1) is 0 Å². The molecular formula is C39H60F2O4. The van der Waals surface area contributed by atoms with E-state index in [9.17, 15) is 23.5 Å². The maximum Gasteiger partial charge on any atom is 0.309 e. The van der Waals surface area contributed by atoms with Crippen LogP contribution in [-0.4, -0.2) is 29.1 Å². The van der Waals surface area contributed by atoms with Crippen molar-refractivity contribution in [3.63, 3.8) is 0 Å². The number of ether oxygens (including phenoxy) is 1. The van der Waals surface area contributed by atoms with Gasteiger partial charge in [0, 0.05) is 11.3 Å². The third-order valence-electron chi connectivity index (χ3n) is 16.9. The van der Waals surface area contributed by atoms with E-state index in [2.05, 4.69) is 48.1 Å². The summed E-state index contributed by atoms with van der Waals surface area (Å²) in [5.41, 5.74) is -0.145. The number of esters is 1. The Morgan fingerprint density at radius 1 is 0.822 bits per heavy atom. The molecule has 6 aliphatic rings. The molecule has 0 heterocycles. The maximum absolute atomic E-state index is 14.2. The highest BCUT2D eigenvalue weighted by molar-refractivity contribution is 5.76. The first kappa shape index (κ1) is 33.4. The van der Waals surface area contributed by atoms with Gasteiger partial charge in [-0.3, -0.25) is 9.59 Å². The van der Waals surface area contributed by atoms with E-state index in [0.29, 0.717) is 23.7 Å². The Labute approximate surface area is 270 Å². The summed E-state index contributed by atoms with van der Waals surface area (Å²) in [6, 6.07) is 0. The van der Waals surface area contributed by atoms with Gasteiger partial charge in [-0.05, 0) is 136 Å². The van der Waals surface area contributed by atoms with Crippen LogP contribution in [0.25, 0.3) is 0 Å². The Balaban J connectivity index is 1.24. The summed E-state index contributed by atoms with van der Waals surface area (Å²) in [5.74, 6) is -3.17. The Hall–Kier alpha value is -1.46. The molecule has 6 rings (SSSR count). The van der Waals surface area contributed by atoms with Gasteiger partial charge in [0.25, 0.3) is 0 Å². The van der Waals surface area contributed by atoms with Gasteiger partial charge in [-0.1, -0.05) is 60.6 Å². The van der Waals surface area contributed by atoms with E-state index in [1.165, 1.54) is 0 Å². The molecule has 0 aromatic rings. The lowest BCUT2D eigenvalue weighted by Gasteiger charge is -2.72. The van der Waals surface area contributed by atoms with Crippen LogP contribution in [0, 0.1) is 73.9 Å². The molecule has 0 saturated heterocycles. The lowest BCUT2D eigenvalue weighted by molar-refractivity contribution is -0.253. The van der Waals surface area contributed by atoms with Gasteiger partial charge in [0.2, 0.25) is 5.92 Å². The third-order valence-corrected chi connectivity index (χ3v) is 16.9. The summed E-state index contributed by atoms with van der Waals surface area (Å²) < 4.78 is 34.7. The molecule has 4 nitrogen and oxygen atoms in total. The smallest absolute Gasteiger partial charge is 0.309 e. The number of fused-ring (bicyclic) bond motifs is 7. The second-order valence-corrected chi connectivity index (χ2v) is 19.1. The van der Waals surface area contributed by atoms with Crippen molar-refractivity contribution in [3.8, 4) is 0 Å². The van der Waals surface area contributed by atoms with Crippen molar-refractivity contribution in [2.45, 2.75) is 145 Å². The van der Waals surface area contributed by atoms with Gasteiger partial charge in [0.1, 0.15) is 6.10 Å². The summed E-state index contributed by atoms with van der Waals surface area (Å²) in [5, 5.41) is 10.6. The number of hydrogen-bond donors (Lipinski definition) is 1. The average molecular weight is 631 g/mol. The van der Waals surface area contributed by atoms with Crippen LogP contribution in [0.2, 0.25) is 0 Å². The minimum atomic E-state index is -2.80. The van der Waals surface area contributed by atoms with Gasteiger partial charge in [-0.25, -0.2) is 8.78 Å². The van der Waals surface area contributed by atoms with Gasteiger partial charge >= 0.3 is 11.9 Å². The van der Waals surface area contributed by atoms with Crippen LogP contribution < -0.4 is 0 Å². The van der Waals surface area contributed by atoms with Crippen LogP contribution in [0.3, 0.4) is 0 Å². The summed E-state index contributed by atoms with van der Waals surface area (Å²) in [4.78, 5) is 26.5. The zero-order chi connectivity index (χ0) is 33.3. The lowest BCUT2D eigenvalue weighted by Crippen LogP contribution is -2.67. The standard InChI is InChI=1S/C39H60F2O4/c1-22(2)23-13-18-39(32(43)44)20-19-36(8)24(30(23)39)11-12-27-35(7)16-15-29(34(5,6)26(35)14-17-37(27,36)9)45-31(42)25-21-28(33(25,3)4)38(10,40)41/h23-30H,1,11-21H2,2-10H3,(H,43,44)/t23?,24?,25?,26-,27+,28+,29-,30?,35-,36+,37+,39-/m0/s1. The highest BCUT2D eigenvalue weighted by Gasteiger charge is 2.72. The summed E-state index contributed by atoms with van der Waals surface area (Å²) in [6.45, 7) is 23.2. The molecule has 6 heteroatoms. The molecule has 6 fully saturated rings. The van der Waals surface area contributed by atoms with E-state index >= 15 is 0 Å². The molecule has 0 aliphatic heterocycles. The Bertz CT molecular complexity index is 1270. The van der Waals surface area contributed by atoms with E-state index in [4.69, 9.17) is 4.74 Å². The van der Waals surface area contributed by atoms with Crippen LogP contribution in [0.5, 0.6) is 0 Å². The fourth-order valence-corrected chi connectivity index (χ4v) is 14.1. The van der Waals surface area contributed by atoms with E-state index in [1.807, 2.05) is 0 Å². The molecule has 0 radical (unpaired) electrons. The highest BCUT2D eigenvalue weighted by atomic mass is 19.3. The Kier molecular flexibility index (Phi) is 7.46. The molecule has 4 unspecified atom stereocenters. The fourth-order valence-electron chi connectivity index (χ4n) is 14.1. The van der Waals surface area contributed by atoms with Crippen LogP contribution in [0.15, 0.2) is 12.2 Å². The molecule has 45 heavy (non-hydrogen) atoms. The minimum Gasteiger partial charge on any atom is -0.481 e. The van der Waals surface area contributed by atoms with Gasteiger partial charge in [-0.2, -0.15) is 0 Å². The summed E-state index contributed by atoms with van der Waals surface area (Å²) in [6.07, 6.45) is 9.68. The average Bonchev–Trinajstić information content (AvgIpc) is 3.31. The van der Waals surface area contributed by atoms with Crippen molar-refractivity contribution < 1.29 is 28.2 Å². The topological polar surface area (TPSA) is 63.6 Å². The number of carbonyl (C=O) groups excluding carboxylic acids is 1. The van der Waals surface area contributed by atoms with E-state index < -0.39 is 34.6 Å². The third kappa shape index (κ3) is 4.30. The van der Waals surface area contributed by atoms with Crippen molar-refractivity contribution in [3.05, 3.63) is 12.2 Å². The minimum absolute atomic E-state index is 0.0761. The van der Waals surface area contributed by atoms with E-state index in [0.717, 1.165) is 76.7 Å². The predicted molar refractivity (Wildman–Crippen MR) is 172 cm³/mol. The SMILES string of the molecule is C=C(C)C1CC[C@]2(C(=O)O)CC[C@]3(C)C(CC[C@@H]4[C@@]5(C)CC[C@H](OC(=O)C6C[C@@H](C(C)(F)F)C6(C)C)C(C)(C)[C@@H]5CC[C@]43C)C12. The Morgan fingerprint density at radius 3 is 2.07 bits per heavy atom. The van der Waals surface area contributed by atoms with Crippen LogP contribution in [0.4, 0.5) is 8.78 Å². The molecule has 0 bridgehead atoms. The molecule has 0 spiro atoms. The summed E-state index contributed by atoms with van der Waals surface area (Å²) in [7, 11) is 0. The van der Waals surface area contributed by atoms with Gasteiger partial charge in [0.05, 0.1) is 11.3 Å². The van der Waals surface area contributed by atoms with Gasteiger partial charge < -0.3 is 9.84 Å². The summed E-state index contributed by atoms with van der Waals surface area (Å²) >= 11 is 0. The first-order valence-electron chi connectivity index (χ1n) is 18.1. The van der Waals surface area contributed by atoms with Crippen LogP contribution in [-0.2, 0) is 14.3 Å². The van der Waals surface area contributed by atoms with Crippen molar-refractivity contribution in [1.29, 1.82) is 0 Å². The molecule has 0 amide bonds. The second-order valence-electron chi connectivity index (χ2n) is 19.1. The monoisotopic (exact) mass is 630 g/mol. The molecular weight excluding hydrogens is 570 g/mol. The number of aliphatic carboxylic acids is 1. The number of carboxylic acid groups (broad SMARTS) is 1. The Morgan fingerprint density at radius 2 is 1.49 bits per heavy atom. The molecule has 1 N–H and O–H groups in total. The van der Waals surface area contributed by atoms with Crippen molar-refractivity contribution in [2.75, 3.05) is 0 Å². The van der Waals surface area contributed by atoms with Crippen molar-refractivity contribution >= 4 is 11.9 Å². The molecule has 0 aromatic heterocycles. The first-order valence-corrected chi connectivity index (χ1v) is 18.1. The number of hydrogen-bond acceptors (Lipinski definition) is 3. The number of alkyl halides is 2. The van der Waals surface area contributed by atoms with Gasteiger partial charge in [0.15, 0.2) is 0 Å². The number of carbonyl (C=O) groups is 2. The fraction of sp³-hybridized carbons (Fsp3) is 0.897. The number of carboxylic acids is 1. The molecule has 6 aliphatic carbocycles. The molecule has 6 saturated carbocycles. The van der Waals surface area contributed by atoms with E-state index in [1.54, 1.807) is 13.8 Å². The largest absolute Gasteiger partial charge is 0.481 e. The zero-order valence-corrected chi connectivity index (χ0v) is 29.5. The molecule has 12 atom stereocenters. The second kappa shape index (κ2) is 10.0. The highest BCUT2D eigenvalue weighted by Crippen LogP contribution is 2.77. The zero-order valence-electron chi connectivity index (χ0n) is 29.5. The molecule has 254 valence electrons. The molecule has 0 aromatic carbocycles.